The predicted octanol–water partition coefficient (Wildman–Crippen LogP) is 2.74. The van der Waals surface area contributed by atoms with E-state index in [0.717, 1.165) is 31.0 Å². The number of hydrogen-bond acceptors (Lipinski definition) is 6. The Kier molecular flexibility index (Phi) is 6.46. The summed E-state index contributed by atoms with van der Waals surface area (Å²) in [5.41, 5.74) is 0.937. The smallest absolute Gasteiger partial charge is 0.306 e. The Bertz CT molecular complexity index is 577. The van der Waals surface area contributed by atoms with E-state index in [-0.39, 0.29) is 24.6 Å². The largest absolute Gasteiger partial charge is 0.466 e. The molecule has 1 aromatic heterocycles. The molecular formula is C16H21FN2O4. The summed E-state index contributed by atoms with van der Waals surface area (Å²) >= 11 is 0. The van der Waals surface area contributed by atoms with Crippen LogP contribution in [-0.2, 0) is 14.3 Å². The van der Waals surface area contributed by atoms with Gasteiger partial charge in [0.2, 0.25) is 5.82 Å². The molecule has 0 saturated heterocycles. The van der Waals surface area contributed by atoms with Crippen molar-refractivity contribution in [2.75, 3.05) is 20.5 Å². The fourth-order valence-electron chi connectivity index (χ4n) is 2.45. The van der Waals surface area contributed by atoms with Crippen LogP contribution in [-0.4, -0.2) is 36.4 Å². The van der Waals surface area contributed by atoms with E-state index in [0.29, 0.717) is 18.9 Å². The summed E-state index contributed by atoms with van der Waals surface area (Å²) < 4.78 is 28.4. The Balaban J connectivity index is 2.00. The van der Waals surface area contributed by atoms with Crippen LogP contribution >= 0.6 is 0 Å². The highest BCUT2D eigenvalue weighted by Crippen LogP contribution is 2.31. The van der Waals surface area contributed by atoms with Gasteiger partial charge in [-0.05, 0) is 37.7 Å². The lowest BCUT2D eigenvalue weighted by Gasteiger charge is -2.20. The van der Waals surface area contributed by atoms with E-state index in [1.165, 1.54) is 7.11 Å². The Labute approximate surface area is 134 Å². The molecule has 2 rings (SSSR count). The van der Waals surface area contributed by atoms with Crippen LogP contribution in [0.5, 0.6) is 5.88 Å². The molecule has 0 N–H and O–H groups in total. The number of hydrogen-bond donors (Lipinski definition) is 0. The van der Waals surface area contributed by atoms with Gasteiger partial charge >= 0.3 is 5.97 Å². The van der Waals surface area contributed by atoms with E-state index < -0.39 is 5.82 Å². The first-order chi connectivity index (χ1) is 11.1. The van der Waals surface area contributed by atoms with Crippen LogP contribution in [0.3, 0.4) is 0 Å². The molecule has 1 heterocycles. The number of ether oxygens (including phenoxy) is 3. The number of carbonyl (C=O) groups is 1. The monoisotopic (exact) mass is 324 g/mol. The number of esters is 1. The fourth-order valence-corrected chi connectivity index (χ4v) is 2.45. The summed E-state index contributed by atoms with van der Waals surface area (Å²) in [6, 6.07) is 0. The molecule has 0 aromatic carbocycles. The lowest BCUT2D eigenvalue weighted by atomic mass is 9.87. The first kappa shape index (κ1) is 17.3. The Hall–Kier alpha value is -2.02. The third-order valence-electron chi connectivity index (χ3n) is 3.59. The second-order valence-corrected chi connectivity index (χ2v) is 5.28. The molecule has 0 fully saturated rings. The Morgan fingerprint density at radius 1 is 1.48 bits per heavy atom. The molecule has 0 spiro atoms. The standard InChI is InChI=1S/C16H21FN2O4/c1-3-22-14(20)8-11-4-6-12(7-5-11)15-18-9-13(17)16(19-15)23-10-21-2/h6,9,11H,3-5,7-8,10H2,1-2H3. The van der Waals surface area contributed by atoms with Crippen LogP contribution in [0.1, 0.15) is 38.4 Å². The van der Waals surface area contributed by atoms with Gasteiger partial charge < -0.3 is 14.2 Å². The van der Waals surface area contributed by atoms with Gasteiger partial charge in [0.15, 0.2) is 12.6 Å². The minimum absolute atomic E-state index is 0.0754. The van der Waals surface area contributed by atoms with Gasteiger partial charge in [0.1, 0.15) is 0 Å². The zero-order valence-corrected chi connectivity index (χ0v) is 13.4. The first-order valence-electron chi connectivity index (χ1n) is 7.63. The minimum atomic E-state index is -0.623. The molecule has 1 aliphatic carbocycles. The quantitative estimate of drug-likeness (QED) is 0.567. The van der Waals surface area contributed by atoms with E-state index >= 15 is 0 Å². The third-order valence-corrected chi connectivity index (χ3v) is 3.59. The van der Waals surface area contributed by atoms with Crippen LogP contribution in [0.25, 0.3) is 5.57 Å². The molecule has 0 amide bonds. The van der Waals surface area contributed by atoms with Crippen molar-refractivity contribution in [3.05, 3.63) is 23.9 Å². The molecule has 7 heteroatoms. The highest BCUT2D eigenvalue weighted by molar-refractivity contribution is 5.70. The maximum absolute atomic E-state index is 13.6. The molecule has 1 aromatic rings. The second kappa shape index (κ2) is 8.57. The number of allylic oxidation sites excluding steroid dienone is 2. The number of rotatable bonds is 7. The van der Waals surface area contributed by atoms with Crippen LogP contribution in [0.15, 0.2) is 12.3 Å². The highest BCUT2D eigenvalue weighted by atomic mass is 19.1. The Morgan fingerprint density at radius 3 is 2.96 bits per heavy atom. The van der Waals surface area contributed by atoms with Crippen molar-refractivity contribution in [1.82, 2.24) is 9.97 Å². The first-order valence-corrected chi connectivity index (χ1v) is 7.63. The van der Waals surface area contributed by atoms with E-state index in [2.05, 4.69) is 9.97 Å². The summed E-state index contributed by atoms with van der Waals surface area (Å²) in [5, 5.41) is 0. The maximum atomic E-state index is 13.6. The van der Waals surface area contributed by atoms with Gasteiger partial charge in [-0.15, -0.1) is 0 Å². The van der Waals surface area contributed by atoms with E-state index in [1.807, 2.05) is 6.08 Å². The van der Waals surface area contributed by atoms with Gasteiger partial charge in [-0.1, -0.05) is 6.08 Å². The summed E-state index contributed by atoms with van der Waals surface area (Å²) in [4.78, 5) is 19.6. The number of methoxy groups -OCH3 is 1. The Morgan fingerprint density at radius 2 is 2.30 bits per heavy atom. The topological polar surface area (TPSA) is 70.5 Å². The zero-order valence-electron chi connectivity index (χ0n) is 13.4. The fraction of sp³-hybridized carbons (Fsp3) is 0.562. The lowest BCUT2D eigenvalue weighted by Crippen LogP contribution is -2.14. The van der Waals surface area contributed by atoms with Gasteiger partial charge in [0, 0.05) is 13.5 Å². The second-order valence-electron chi connectivity index (χ2n) is 5.28. The van der Waals surface area contributed by atoms with Crippen molar-refractivity contribution in [2.45, 2.75) is 32.6 Å². The van der Waals surface area contributed by atoms with Crippen molar-refractivity contribution in [2.24, 2.45) is 5.92 Å². The van der Waals surface area contributed by atoms with Gasteiger partial charge in [-0.3, -0.25) is 4.79 Å². The summed E-state index contributed by atoms with van der Waals surface area (Å²) in [6.45, 7) is 2.13. The molecule has 0 radical (unpaired) electrons. The highest BCUT2D eigenvalue weighted by Gasteiger charge is 2.21. The molecular weight excluding hydrogens is 303 g/mol. The van der Waals surface area contributed by atoms with Crippen LogP contribution < -0.4 is 4.74 Å². The van der Waals surface area contributed by atoms with Crippen LogP contribution in [0.4, 0.5) is 4.39 Å². The number of aromatic nitrogens is 2. The minimum Gasteiger partial charge on any atom is -0.466 e. The van der Waals surface area contributed by atoms with Gasteiger partial charge in [0.25, 0.3) is 5.88 Å². The molecule has 6 nitrogen and oxygen atoms in total. The molecule has 1 aliphatic rings. The average molecular weight is 324 g/mol. The van der Waals surface area contributed by atoms with Gasteiger partial charge in [-0.25, -0.2) is 4.98 Å². The average Bonchev–Trinajstić information content (AvgIpc) is 2.55. The SMILES string of the molecule is CCOC(=O)CC1CC=C(c2ncc(F)c(OCOC)n2)CC1. The molecule has 23 heavy (non-hydrogen) atoms. The predicted molar refractivity (Wildman–Crippen MR) is 81.1 cm³/mol. The molecule has 0 saturated carbocycles. The summed E-state index contributed by atoms with van der Waals surface area (Å²) in [5.74, 6) is -0.189. The van der Waals surface area contributed by atoms with Crippen molar-refractivity contribution in [3.8, 4) is 5.88 Å². The lowest BCUT2D eigenvalue weighted by molar-refractivity contribution is -0.144. The van der Waals surface area contributed by atoms with Crippen molar-refractivity contribution >= 4 is 11.5 Å². The van der Waals surface area contributed by atoms with Crippen LogP contribution in [0, 0.1) is 11.7 Å². The van der Waals surface area contributed by atoms with E-state index in [9.17, 15) is 9.18 Å². The van der Waals surface area contributed by atoms with Crippen molar-refractivity contribution < 1.29 is 23.4 Å². The van der Waals surface area contributed by atoms with Crippen molar-refractivity contribution in [3.63, 3.8) is 0 Å². The summed E-state index contributed by atoms with van der Waals surface area (Å²) in [7, 11) is 1.45. The van der Waals surface area contributed by atoms with Crippen molar-refractivity contribution in [1.29, 1.82) is 0 Å². The van der Waals surface area contributed by atoms with Crippen LogP contribution in [0.2, 0.25) is 0 Å². The number of carbonyl (C=O) groups excluding carboxylic acids is 1. The van der Waals surface area contributed by atoms with Gasteiger partial charge in [0.05, 0.1) is 12.8 Å². The van der Waals surface area contributed by atoms with E-state index in [4.69, 9.17) is 14.2 Å². The third kappa shape index (κ3) is 4.99. The maximum Gasteiger partial charge on any atom is 0.306 e. The number of nitrogens with zero attached hydrogens (tertiary/aromatic N) is 2. The molecule has 1 atom stereocenters. The molecule has 0 aliphatic heterocycles. The molecule has 0 bridgehead atoms. The molecule has 126 valence electrons. The summed E-state index contributed by atoms with van der Waals surface area (Å²) in [6.07, 6.45) is 5.85. The molecule has 1 unspecified atom stereocenters. The number of halogens is 1. The van der Waals surface area contributed by atoms with E-state index in [1.54, 1.807) is 6.92 Å². The zero-order chi connectivity index (χ0) is 16.7. The normalized spacial score (nSPS) is 17.5. The van der Waals surface area contributed by atoms with Gasteiger partial charge in [-0.2, -0.15) is 9.37 Å².